The van der Waals surface area contributed by atoms with Crippen molar-refractivity contribution < 1.29 is 4.79 Å². The second-order valence-corrected chi connectivity index (χ2v) is 4.83. The molecule has 0 fully saturated rings. The second-order valence-electron chi connectivity index (χ2n) is 3.92. The molecule has 0 saturated carbocycles. The van der Waals surface area contributed by atoms with Gasteiger partial charge in [-0.1, -0.05) is 28.1 Å². The summed E-state index contributed by atoms with van der Waals surface area (Å²) in [5.74, 6) is 2.40. The summed E-state index contributed by atoms with van der Waals surface area (Å²) in [5, 5.41) is 4.93. The highest BCUT2D eigenvalue weighted by atomic mass is 79.9. The van der Waals surface area contributed by atoms with Gasteiger partial charge in [0.05, 0.1) is 0 Å². The number of amides is 1. The molecule has 0 bridgehead atoms. The third kappa shape index (κ3) is 2.91. The van der Waals surface area contributed by atoms with E-state index >= 15 is 0 Å². The Morgan fingerprint density at radius 3 is 2.72 bits per heavy atom. The average molecular weight is 302 g/mol. The van der Waals surface area contributed by atoms with Crippen molar-refractivity contribution in [1.82, 2.24) is 5.32 Å². The van der Waals surface area contributed by atoms with Crippen molar-refractivity contribution in [2.24, 2.45) is 0 Å². The van der Waals surface area contributed by atoms with Gasteiger partial charge in [0.1, 0.15) is 0 Å². The van der Waals surface area contributed by atoms with E-state index in [9.17, 15) is 4.79 Å². The van der Waals surface area contributed by atoms with Gasteiger partial charge in [-0.2, -0.15) is 0 Å². The van der Waals surface area contributed by atoms with E-state index in [-0.39, 0.29) is 5.91 Å². The van der Waals surface area contributed by atoms with E-state index in [1.165, 1.54) is 0 Å². The number of rotatable bonds is 3. The minimum atomic E-state index is -0.0879. The number of hydrogen-bond donors (Lipinski definition) is 1. The van der Waals surface area contributed by atoms with E-state index in [1.807, 2.05) is 36.4 Å². The zero-order chi connectivity index (χ0) is 13.0. The molecule has 0 aliphatic carbocycles. The van der Waals surface area contributed by atoms with Gasteiger partial charge in [0.25, 0.3) is 5.91 Å². The SMILES string of the molecule is C#CCCNC(=O)c1ccc2cc(Br)ccc2c1. The van der Waals surface area contributed by atoms with Crippen LogP contribution in [0.25, 0.3) is 10.8 Å². The molecule has 2 nitrogen and oxygen atoms in total. The number of hydrogen-bond acceptors (Lipinski definition) is 1. The van der Waals surface area contributed by atoms with Gasteiger partial charge in [-0.05, 0) is 35.0 Å². The predicted octanol–water partition coefficient (Wildman–Crippen LogP) is 3.36. The van der Waals surface area contributed by atoms with Crippen molar-refractivity contribution in [3.05, 3.63) is 46.4 Å². The molecule has 3 heteroatoms. The maximum Gasteiger partial charge on any atom is 0.251 e. The average Bonchev–Trinajstić information content (AvgIpc) is 2.38. The van der Waals surface area contributed by atoms with Gasteiger partial charge in [0, 0.05) is 23.0 Å². The molecule has 0 saturated heterocycles. The van der Waals surface area contributed by atoms with Crippen molar-refractivity contribution in [2.75, 3.05) is 6.54 Å². The van der Waals surface area contributed by atoms with E-state index < -0.39 is 0 Å². The molecule has 0 heterocycles. The van der Waals surface area contributed by atoms with Gasteiger partial charge in [0.2, 0.25) is 0 Å². The van der Waals surface area contributed by atoms with Gasteiger partial charge in [-0.3, -0.25) is 4.79 Å². The van der Waals surface area contributed by atoms with E-state index in [2.05, 4.69) is 27.2 Å². The standard InChI is InChI=1S/C15H12BrNO/c1-2-3-8-17-15(18)13-5-4-12-10-14(16)7-6-11(12)9-13/h1,4-7,9-10H,3,8H2,(H,17,18). The molecule has 0 atom stereocenters. The lowest BCUT2D eigenvalue weighted by molar-refractivity contribution is 0.0954. The van der Waals surface area contributed by atoms with Crippen LogP contribution in [0.2, 0.25) is 0 Å². The number of carbonyl (C=O) groups excluding carboxylic acids is 1. The van der Waals surface area contributed by atoms with Gasteiger partial charge < -0.3 is 5.32 Å². The molecule has 0 radical (unpaired) electrons. The molecule has 1 N–H and O–H groups in total. The molecular weight excluding hydrogens is 290 g/mol. The van der Waals surface area contributed by atoms with Crippen LogP contribution in [-0.4, -0.2) is 12.5 Å². The number of terminal acetylenes is 1. The molecule has 18 heavy (non-hydrogen) atoms. The van der Waals surface area contributed by atoms with E-state index in [0.29, 0.717) is 18.5 Å². The zero-order valence-electron chi connectivity index (χ0n) is 9.74. The van der Waals surface area contributed by atoms with Crippen LogP contribution < -0.4 is 5.32 Å². The molecule has 1 amide bonds. The minimum Gasteiger partial charge on any atom is -0.351 e. The second kappa shape index (κ2) is 5.70. The summed E-state index contributed by atoms with van der Waals surface area (Å²) in [6, 6.07) is 11.6. The summed E-state index contributed by atoms with van der Waals surface area (Å²) >= 11 is 3.42. The quantitative estimate of drug-likeness (QED) is 0.683. The van der Waals surface area contributed by atoms with E-state index in [1.54, 1.807) is 0 Å². The van der Waals surface area contributed by atoms with Gasteiger partial charge in [-0.25, -0.2) is 0 Å². The van der Waals surface area contributed by atoms with Crippen LogP contribution in [0.3, 0.4) is 0 Å². The Morgan fingerprint density at radius 2 is 1.94 bits per heavy atom. The Kier molecular flexibility index (Phi) is 4.01. The van der Waals surface area contributed by atoms with Crippen LogP contribution in [0.1, 0.15) is 16.8 Å². The number of halogens is 1. The monoisotopic (exact) mass is 301 g/mol. The first-order valence-electron chi connectivity index (χ1n) is 5.61. The van der Waals surface area contributed by atoms with Crippen molar-refractivity contribution in [3.8, 4) is 12.3 Å². The molecule has 0 spiro atoms. The summed E-state index contributed by atoms with van der Waals surface area (Å²) in [6.07, 6.45) is 5.68. The Morgan fingerprint density at radius 1 is 1.22 bits per heavy atom. The topological polar surface area (TPSA) is 29.1 Å². The van der Waals surface area contributed by atoms with Crippen molar-refractivity contribution >= 4 is 32.6 Å². The molecule has 0 aliphatic heterocycles. The third-order valence-electron chi connectivity index (χ3n) is 2.62. The van der Waals surface area contributed by atoms with Crippen LogP contribution in [0.5, 0.6) is 0 Å². The largest absolute Gasteiger partial charge is 0.351 e. The van der Waals surface area contributed by atoms with Crippen LogP contribution in [0.4, 0.5) is 0 Å². The van der Waals surface area contributed by atoms with Crippen molar-refractivity contribution in [3.63, 3.8) is 0 Å². The number of fused-ring (bicyclic) bond motifs is 1. The lowest BCUT2D eigenvalue weighted by atomic mass is 10.1. The smallest absolute Gasteiger partial charge is 0.251 e. The first kappa shape index (κ1) is 12.7. The summed E-state index contributed by atoms with van der Waals surface area (Å²) in [6.45, 7) is 0.508. The molecule has 2 rings (SSSR count). The van der Waals surface area contributed by atoms with Gasteiger partial charge >= 0.3 is 0 Å². The Hall–Kier alpha value is -1.79. The Bertz CT molecular complexity index is 628. The Labute approximate surface area is 115 Å². The van der Waals surface area contributed by atoms with Crippen LogP contribution in [-0.2, 0) is 0 Å². The molecule has 2 aromatic rings. The zero-order valence-corrected chi connectivity index (χ0v) is 11.3. The molecule has 0 aliphatic rings. The maximum absolute atomic E-state index is 11.8. The lowest BCUT2D eigenvalue weighted by Crippen LogP contribution is -2.24. The molecular formula is C15H12BrNO. The summed E-state index contributed by atoms with van der Waals surface area (Å²) in [7, 11) is 0. The minimum absolute atomic E-state index is 0.0879. The third-order valence-corrected chi connectivity index (χ3v) is 3.11. The fourth-order valence-electron chi connectivity index (χ4n) is 1.71. The fourth-order valence-corrected chi connectivity index (χ4v) is 2.09. The summed E-state index contributed by atoms with van der Waals surface area (Å²) in [5.41, 5.74) is 0.654. The van der Waals surface area contributed by atoms with Crippen LogP contribution in [0, 0.1) is 12.3 Å². The highest BCUT2D eigenvalue weighted by Crippen LogP contribution is 2.20. The first-order chi connectivity index (χ1) is 8.70. The van der Waals surface area contributed by atoms with Gasteiger partial charge in [-0.15, -0.1) is 12.3 Å². The molecule has 0 aromatic heterocycles. The van der Waals surface area contributed by atoms with Crippen molar-refractivity contribution in [2.45, 2.75) is 6.42 Å². The Balaban J connectivity index is 2.22. The molecule has 0 unspecified atom stereocenters. The van der Waals surface area contributed by atoms with Crippen LogP contribution in [0.15, 0.2) is 40.9 Å². The number of carbonyl (C=O) groups is 1. The highest BCUT2D eigenvalue weighted by Gasteiger charge is 2.05. The van der Waals surface area contributed by atoms with Gasteiger partial charge in [0.15, 0.2) is 0 Å². The predicted molar refractivity (Wildman–Crippen MR) is 77.4 cm³/mol. The molecule has 90 valence electrons. The summed E-state index contributed by atoms with van der Waals surface area (Å²) < 4.78 is 1.03. The lowest BCUT2D eigenvalue weighted by Gasteiger charge is -2.05. The van der Waals surface area contributed by atoms with E-state index in [0.717, 1.165) is 15.2 Å². The fraction of sp³-hybridized carbons (Fsp3) is 0.133. The number of nitrogens with one attached hydrogen (secondary N) is 1. The van der Waals surface area contributed by atoms with Crippen LogP contribution >= 0.6 is 15.9 Å². The normalized spacial score (nSPS) is 10.0. The first-order valence-corrected chi connectivity index (χ1v) is 6.41. The van der Waals surface area contributed by atoms with E-state index in [4.69, 9.17) is 6.42 Å². The summed E-state index contributed by atoms with van der Waals surface area (Å²) in [4.78, 5) is 11.8. The molecule has 2 aromatic carbocycles. The number of benzene rings is 2. The maximum atomic E-state index is 11.8. The highest BCUT2D eigenvalue weighted by molar-refractivity contribution is 9.10. The van der Waals surface area contributed by atoms with Crippen molar-refractivity contribution in [1.29, 1.82) is 0 Å².